The number of amides is 1. The number of aromatic amines is 1. The molecule has 0 atom stereocenters. The highest BCUT2D eigenvalue weighted by Crippen LogP contribution is 2.28. The lowest BCUT2D eigenvalue weighted by Gasteiger charge is -2.29. The van der Waals surface area contributed by atoms with Crippen LogP contribution < -0.4 is 0 Å². The Balaban J connectivity index is 1.36. The molecular weight excluding hydrogens is 312 g/mol. The molecule has 1 saturated heterocycles. The summed E-state index contributed by atoms with van der Waals surface area (Å²) in [7, 11) is 0. The van der Waals surface area contributed by atoms with E-state index in [0.717, 1.165) is 43.6 Å². The Morgan fingerprint density at radius 1 is 1.20 bits per heavy atom. The molecule has 25 heavy (non-hydrogen) atoms. The Labute approximate surface area is 148 Å². The largest absolute Gasteiger partial charge is 0.359 e. The molecule has 2 aromatic rings. The summed E-state index contributed by atoms with van der Waals surface area (Å²) in [5, 5.41) is 0. The molecule has 2 aromatic heterocycles. The molecular formula is C20H26N4O. The van der Waals surface area contributed by atoms with Crippen molar-refractivity contribution in [2.24, 2.45) is 0 Å². The van der Waals surface area contributed by atoms with Gasteiger partial charge in [0.25, 0.3) is 0 Å². The van der Waals surface area contributed by atoms with E-state index in [1.54, 1.807) is 0 Å². The molecule has 5 heteroatoms. The van der Waals surface area contributed by atoms with Gasteiger partial charge in [0.05, 0.1) is 11.0 Å². The van der Waals surface area contributed by atoms with E-state index in [0.29, 0.717) is 13.0 Å². The smallest absolute Gasteiger partial charge is 0.224 e. The maximum Gasteiger partial charge on any atom is 0.224 e. The molecule has 0 bridgehead atoms. The van der Waals surface area contributed by atoms with Crippen molar-refractivity contribution in [1.29, 1.82) is 0 Å². The normalized spacial score (nSPS) is 19.2. The van der Waals surface area contributed by atoms with E-state index in [9.17, 15) is 4.79 Å². The zero-order valence-electron chi connectivity index (χ0n) is 14.7. The maximum atomic E-state index is 12.5. The third-order valence-corrected chi connectivity index (χ3v) is 5.43. The Bertz CT molecular complexity index is 773. The molecule has 1 fully saturated rings. The number of nitrogens with zero attached hydrogens (tertiary/aromatic N) is 3. The first-order valence-electron chi connectivity index (χ1n) is 9.43. The van der Waals surface area contributed by atoms with Crippen LogP contribution in [0.5, 0.6) is 0 Å². The van der Waals surface area contributed by atoms with Gasteiger partial charge in [0.1, 0.15) is 0 Å². The molecule has 0 unspecified atom stereocenters. The molecule has 4 rings (SSSR count). The summed E-state index contributed by atoms with van der Waals surface area (Å²) in [6.07, 6.45) is 11.5. The summed E-state index contributed by atoms with van der Waals surface area (Å²) in [4.78, 5) is 24.7. The van der Waals surface area contributed by atoms with Crippen molar-refractivity contribution >= 4 is 22.5 Å². The SMILES string of the molecule is O=C(CCN1CCCCC1)N1CC=C(c2c[nH]c3cccnc23)CC1. The minimum absolute atomic E-state index is 0.290. The van der Waals surface area contributed by atoms with Gasteiger partial charge in [0.15, 0.2) is 0 Å². The molecule has 0 spiro atoms. The van der Waals surface area contributed by atoms with Crippen LogP contribution in [0.25, 0.3) is 16.6 Å². The summed E-state index contributed by atoms with van der Waals surface area (Å²) in [5.41, 5.74) is 4.57. The highest BCUT2D eigenvalue weighted by molar-refractivity contribution is 5.90. The van der Waals surface area contributed by atoms with Crippen LogP contribution in [0.15, 0.2) is 30.6 Å². The minimum Gasteiger partial charge on any atom is -0.359 e. The molecule has 0 saturated carbocycles. The molecule has 0 aromatic carbocycles. The summed E-state index contributed by atoms with van der Waals surface area (Å²) in [6.45, 7) is 4.76. The van der Waals surface area contributed by atoms with Crippen molar-refractivity contribution in [2.75, 3.05) is 32.7 Å². The van der Waals surface area contributed by atoms with Gasteiger partial charge in [-0.05, 0) is 50.1 Å². The molecule has 2 aliphatic rings. The van der Waals surface area contributed by atoms with E-state index in [1.807, 2.05) is 29.4 Å². The van der Waals surface area contributed by atoms with Gasteiger partial charge in [-0.25, -0.2) is 0 Å². The first kappa shape index (κ1) is 16.3. The molecule has 1 N–H and O–H groups in total. The van der Waals surface area contributed by atoms with Crippen LogP contribution >= 0.6 is 0 Å². The Kier molecular flexibility index (Phi) is 4.83. The molecule has 0 radical (unpaired) electrons. The number of pyridine rings is 1. The Morgan fingerprint density at radius 3 is 2.88 bits per heavy atom. The number of piperidine rings is 1. The molecule has 0 aliphatic carbocycles. The predicted octanol–water partition coefficient (Wildman–Crippen LogP) is 3.05. The number of carbonyl (C=O) groups excluding carboxylic acids is 1. The van der Waals surface area contributed by atoms with Gasteiger partial charge in [-0.15, -0.1) is 0 Å². The lowest BCUT2D eigenvalue weighted by molar-refractivity contribution is -0.131. The van der Waals surface area contributed by atoms with E-state index in [2.05, 4.69) is 20.9 Å². The highest BCUT2D eigenvalue weighted by atomic mass is 16.2. The highest BCUT2D eigenvalue weighted by Gasteiger charge is 2.20. The predicted molar refractivity (Wildman–Crippen MR) is 100 cm³/mol. The number of carbonyl (C=O) groups is 1. The fourth-order valence-electron chi connectivity index (χ4n) is 3.93. The van der Waals surface area contributed by atoms with Gasteiger partial charge < -0.3 is 14.8 Å². The van der Waals surface area contributed by atoms with Crippen molar-refractivity contribution in [2.45, 2.75) is 32.1 Å². The number of H-pyrrole nitrogens is 1. The molecule has 1 amide bonds. The van der Waals surface area contributed by atoms with Crippen LogP contribution in [0.1, 0.15) is 37.7 Å². The molecule has 2 aliphatic heterocycles. The number of likely N-dealkylation sites (tertiary alicyclic amines) is 1. The Morgan fingerprint density at radius 2 is 2.08 bits per heavy atom. The average Bonchev–Trinajstić information content (AvgIpc) is 3.11. The van der Waals surface area contributed by atoms with Crippen LogP contribution in [0.4, 0.5) is 0 Å². The monoisotopic (exact) mass is 338 g/mol. The standard InChI is InChI=1S/C20H26N4O/c25-19(8-12-23-10-2-1-3-11-23)24-13-6-16(7-14-24)17-15-22-18-5-4-9-21-20(17)18/h4-6,9,15,22H,1-3,7-8,10-14H2. The maximum absolute atomic E-state index is 12.5. The Hall–Kier alpha value is -2.14. The van der Waals surface area contributed by atoms with E-state index in [-0.39, 0.29) is 5.91 Å². The van der Waals surface area contributed by atoms with E-state index in [4.69, 9.17) is 0 Å². The van der Waals surface area contributed by atoms with Crippen LogP contribution in [-0.2, 0) is 4.79 Å². The first-order valence-corrected chi connectivity index (χ1v) is 9.43. The lowest BCUT2D eigenvalue weighted by atomic mass is 10.0. The zero-order chi connectivity index (χ0) is 17.1. The minimum atomic E-state index is 0.290. The quantitative estimate of drug-likeness (QED) is 0.932. The second-order valence-electron chi connectivity index (χ2n) is 7.07. The van der Waals surface area contributed by atoms with E-state index >= 15 is 0 Å². The fraction of sp³-hybridized carbons (Fsp3) is 0.500. The van der Waals surface area contributed by atoms with Gasteiger partial charge in [-0.3, -0.25) is 9.78 Å². The average molecular weight is 338 g/mol. The first-order chi connectivity index (χ1) is 12.3. The summed E-state index contributed by atoms with van der Waals surface area (Å²) < 4.78 is 0. The van der Waals surface area contributed by atoms with Crippen LogP contribution in [0, 0.1) is 0 Å². The zero-order valence-corrected chi connectivity index (χ0v) is 14.7. The number of rotatable bonds is 4. The molecule has 5 nitrogen and oxygen atoms in total. The van der Waals surface area contributed by atoms with Gasteiger partial charge in [-0.2, -0.15) is 0 Å². The number of fused-ring (bicyclic) bond motifs is 1. The number of hydrogen-bond acceptors (Lipinski definition) is 3. The van der Waals surface area contributed by atoms with Crippen LogP contribution in [-0.4, -0.2) is 58.4 Å². The van der Waals surface area contributed by atoms with Gasteiger partial charge >= 0.3 is 0 Å². The fourth-order valence-corrected chi connectivity index (χ4v) is 3.93. The summed E-state index contributed by atoms with van der Waals surface area (Å²) in [6, 6.07) is 3.99. The summed E-state index contributed by atoms with van der Waals surface area (Å²) >= 11 is 0. The number of aromatic nitrogens is 2. The van der Waals surface area contributed by atoms with Crippen LogP contribution in [0.3, 0.4) is 0 Å². The number of hydrogen-bond donors (Lipinski definition) is 1. The van der Waals surface area contributed by atoms with Crippen molar-refractivity contribution in [3.05, 3.63) is 36.2 Å². The number of nitrogens with one attached hydrogen (secondary N) is 1. The van der Waals surface area contributed by atoms with E-state index < -0.39 is 0 Å². The second kappa shape index (κ2) is 7.40. The van der Waals surface area contributed by atoms with Crippen LogP contribution in [0.2, 0.25) is 0 Å². The van der Waals surface area contributed by atoms with Gasteiger partial charge in [-0.1, -0.05) is 12.5 Å². The van der Waals surface area contributed by atoms with E-state index in [1.165, 1.54) is 30.4 Å². The summed E-state index contributed by atoms with van der Waals surface area (Å²) in [5.74, 6) is 0.290. The van der Waals surface area contributed by atoms with Crippen molar-refractivity contribution < 1.29 is 4.79 Å². The third-order valence-electron chi connectivity index (χ3n) is 5.43. The topological polar surface area (TPSA) is 52.2 Å². The van der Waals surface area contributed by atoms with Crippen molar-refractivity contribution in [1.82, 2.24) is 19.8 Å². The van der Waals surface area contributed by atoms with Gasteiger partial charge in [0.2, 0.25) is 5.91 Å². The van der Waals surface area contributed by atoms with Crippen molar-refractivity contribution in [3.8, 4) is 0 Å². The third kappa shape index (κ3) is 3.61. The lowest BCUT2D eigenvalue weighted by Crippen LogP contribution is -2.38. The van der Waals surface area contributed by atoms with Gasteiger partial charge in [0, 0.05) is 44.0 Å². The molecule has 4 heterocycles. The van der Waals surface area contributed by atoms with Crippen molar-refractivity contribution in [3.63, 3.8) is 0 Å². The second-order valence-corrected chi connectivity index (χ2v) is 7.07. The molecule has 132 valence electrons.